The highest BCUT2D eigenvalue weighted by Gasteiger charge is 2.26. The first-order valence-electron chi connectivity index (χ1n) is 8.29. The quantitative estimate of drug-likeness (QED) is 0.855. The van der Waals surface area contributed by atoms with Crippen LogP contribution in [0.2, 0.25) is 0 Å². The van der Waals surface area contributed by atoms with Gasteiger partial charge in [-0.05, 0) is 50.9 Å². The Balaban J connectivity index is 0.00000156. The Bertz CT molecular complexity index is 648. The largest absolute Gasteiger partial charge is 0.356 e. The maximum atomic E-state index is 13.2. The lowest BCUT2D eigenvalue weighted by molar-refractivity contribution is 0.123. The number of halogens is 2. The molecule has 0 unspecified atom stereocenters. The fourth-order valence-electron chi connectivity index (χ4n) is 3.78. The summed E-state index contributed by atoms with van der Waals surface area (Å²) in [6.45, 7) is 5.82. The zero-order valence-electron chi connectivity index (χ0n) is 13.2. The summed E-state index contributed by atoms with van der Waals surface area (Å²) in [7, 11) is 0. The van der Waals surface area contributed by atoms with Gasteiger partial charge in [0.2, 0.25) is 0 Å². The Hall–Kier alpha value is -1.17. The first-order chi connectivity index (χ1) is 10.8. The van der Waals surface area contributed by atoms with Crippen molar-refractivity contribution < 1.29 is 8.91 Å². The lowest BCUT2D eigenvalue weighted by Gasteiger charge is -2.33. The monoisotopic (exact) mass is 339 g/mol. The molecule has 4 rings (SSSR count). The van der Waals surface area contributed by atoms with Crippen LogP contribution in [0.3, 0.4) is 0 Å². The number of aromatic nitrogens is 1. The van der Waals surface area contributed by atoms with Crippen molar-refractivity contribution in [2.24, 2.45) is 0 Å². The van der Waals surface area contributed by atoms with Crippen molar-refractivity contribution in [1.82, 2.24) is 15.0 Å². The minimum atomic E-state index is -0.268. The second-order valence-electron chi connectivity index (χ2n) is 6.57. The van der Waals surface area contributed by atoms with E-state index in [1.807, 2.05) is 0 Å². The highest BCUT2D eigenvalue weighted by molar-refractivity contribution is 5.85. The second-order valence-corrected chi connectivity index (χ2v) is 6.57. The van der Waals surface area contributed by atoms with E-state index in [1.165, 1.54) is 38.1 Å². The summed E-state index contributed by atoms with van der Waals surface area (Å²) in [4.78, 5) is 5.10. The molecule has 0 atom stereocenters. The fourth-order valence-corrected chi connectivity index (χ4v) is 3.78. The molecule has 2 saturated heterocycles. The molecule has 3 heterocycles. The molecule has 4 nitrogen and oxygen atoms in total. The maximum Gasteiger partial charge on any atom is 0.170 e. The van der Waals surface area contributed by atoms with Gasteiger partial charge in [0.1, 0.15) is 5.82 Å². The van der Waals surface area contributed by atoms with Crippen molar-refractivity contribution in [3.05, 3.63) is 29.7 Å². The molecule has 0 amide bonds. The number of nitrogens with zero attached hydrogens (tertiary/aromatic N) is 3. The number of likely N-dealkylation sites (tertiary alicyclic amines) is 2. The highest BCUT2D eigenvalue weighted by Crippen LogP contribution is 2.32. The molecule has 2 aliphatic rings. The second kappa shape index (κ2) is 7.16. The summed E-state index contributed by atoms with van der Waals surface area (Å²) in [6, 6.07) is 4.72. The number of piperidine rings is 1. The third kappa shape index (κ3) is 3.52. The summed E-state index contributed by atoms with van der Waals surface area (Å²) >= 11 is 0. The molecule has 0 N–H and O–H groups in total. The minimum absolute atomic E-state index is 0. The van der Waals surface area contributed by atoms with Crippen LogP contribution in [0.4, 0.5) is 4.39 Å². The molecule has 2 aliphatic heterocycles. The van der Waals surface area contributed by atoms with Crippen LogP contribution in [0.15, 0.2) is 22.7 Å². The van der Waals surface area contributed by atoms with E-state index in [0.29, 0.717) is 11.5 Å². The summed E-state index contributed by atoms with van der Waals surface area (Å²) in [6.07, 6.45) is 4.90. The summed E-state index contributed by atoms with van der Waals surface area (Å²) in [5.41, 5.74) is 1.57. The van der Waals surface area contributed by atoms with Crippen LogP contribution in [-0.4, -0.2) is 47.8 Å². The molecule has 2 fully saturated rings. The van der Waals surface area contributed by atoms with Gasteiger partial charge in [0.15, 0.2) is 5.58 Å². The van der Waals surface area contributed by atoms with Crippen molar-refractivity contribution in [3.63, 3.8) is 0 Å². The smallest absolute Gasteiger partial charge is 0.170 e. The maximum absolute atomic E-state index is 13.2. The number of fused-ring (bicyclic) bond motifs is 1. The van der Waals surface area contributed by atoms with Crippen molar-refractivity contribution in [2.75, 3.05) is 32.8 Å². The predicted octanol–water partition coefficient (Wildman–Crippen LogP) is 3.62. The van der Waals surface area contributed by atoms with Gasteiger partial charge in [-0.25, -0.2) is 4.39 Å². The first kappa shape index (κ1) is 16.7. The molecule has 0 spiro atoms. The first-order valence-corrected chi connectivity index (χ1v) is 8.29. The minimum Gasteiger partial charge on any atom is -0.356 e. The molecule has 0 bridgehead atoms. The Morgan fingerprint density at radius 1 is 1.09 bits per heavy atom. The van der Waals surface area contributed by atoms with Crippen molar-refractivity contribution >= 4 is 23.4 Å². The number of benzene rings is 1. The normalized spacial score (nSPS) is 20.9. The van der Waals surface area contributed by atoms with Gasteiger partial charge in [-0.3, -0.25) is 9.80 Å². The van der Waals surface area contributed by atoms with E-state index in [0.717, 1.165) is 43.7 Å². The average Bonchev–Trinajstić information content (AvgIpc) is 3.17. The van der Waals surface area contributed by atoms with Gasteiger partial charge < -0.3 is 4.52 Å². The van der Waals surface area contributed by atoms with E-state index in [2.05, 4.69) is 15.0 Å². The number of hydrogen-bond donors (Lipinski definition) is 0. The topological polar surface area (TPSA) is 32.5 Å². The summed E-state index contributed by atoms with van der Waals surface area (Å²) in [5.74, 6) is 0.164. The highest BCUT2D eigenvalue weighted by atomic mass is 35.5. The van der Waals surface area contributed by atoms with Gasteiger partial charge >= 0.3 is 0 Å². The summed E-state index contributed by atoms with van der Waals surface area (Å²) in [5, 5.41) is 5.19. The SMILES string of the molecule is Cl.Fc1ccc2c(C3CCN(CN4CCCC4)CC3)noc2c1. The van der Waals surface area contributed by atoms with Gasteiger partial charge in [-0.15, -0.1) is 12.4 Å². The van der Waals surface area contributed by atoms with Gasteiger partial charge in [0, 0.05) is 30.5 Å². The van der Waals surface area contributed by atoms with Crippen LogP contribution in [-0.2, 0) is 0 Å². The van der Waals surface area contributed by atoms with Crippen LogP contribution in [0.25, 0.3) is 11.0 Å². The molecular formula is C17H23ClFN3O. The van der Waals surface area contributed by atoms with Crippen molar-refractivity contribution in [1.29, 1.82) is 0 Å². The van der Waals surface area contributed by atoms with Crippen molar-refractivity contribution in [3.8, 4) is 0 Å². The van der Waals surface area contributed by atoms with E-state index < -0.39 is 0 Å². The van der Waals surface area contributed by atoms with Gasteiger partial charge in [-0.2, -0.15) is 0 Å². The van der Waals surface area contributed by atoms with Gasteiger partial charge in [0.05, 0.1) is 12.4 Å². The average molecular weight is 340 g/mol. The molecule has 6 heteroatoms. The fraction of sp³-hybridized carbons (Fsp3) is 0.588. The lowest BCUT2D eigenvalue weighted by Crippen LogP contribution is -2.40. The number of hydrogen-bond acceptors (Lipinski definition) is 4. The van der Waals surface area contributed by atoms with E-state index in [9.17, 15) is 4.39 Å². The van der Waals surface area contributed by atoms with Crippen LogP contribution in [0, 0.1) is 5.82 Å². The van der Waals surface area contributed by atoms with E-state index >= 15 is 0 Å². The van der Waals surface area contributed by atoms with Gasteiger partial charge in [-0.1, -0.05) is 5.16 Å². The molecule has 0 radical (unpaired) electrons. The molecular weight excluding hydrogens is 317 g/mol. The standard InChI is InChI=1S/C17H22FN3O.ClH/c18-14-3-4-15-16(11-14)22-19-17(15)13-5-9-21(10-6-13)12-20-7-1-2-8-20;/h3-4,11,13H,1-2,5-10,12H2;1H. The molecule has 1 aromatic heterocycles. The van der Waals surface area contributed by atoms with Crippen LogP contribution in [0.1, 0.15) is 37.3 Å². The Morgan fingerprint density at radius 2 is 1.78 bits per heavy atom. The Labute approximate surface area is 142 Å². The van der Waals surface area contributed by atoms with E-state index in [1.54, 1.807) is 6.07 Å². The third-order valence-electron chi connectivity index (χ3n) is 5.03. The van der Waals surface area contributed by atoms with Crippen LogP contribution >= 0.6 is 12.4 Å². The predicted molar refractivity (Wildman–Crippen MR) is 90.4 cm³/mol. The van der Waals surface area contributed by atoms with Crippen LogP contribution < -0.4 is 0 Å². The molecule has 0 saturated carbocycles. The molecule has 23 heavy (non-hydrogen) atoms. The molecule has 0 aliphatic carbocycles. The Kier molecular flexibility index (Phi) is 5.19. The van der Waals surface area contributed by atoms with Crippen LogP contribution in [0.5, 0.6) is 0 Å². The Morgan fingerprint density at radius 3 is 2.52 bits per heavy atom. The van der Waals surface area contributed by atoms with E-state index in [-0.39, 0.29) is 18.2 Å². The molecule has 1 aromatic carbocycles. The summed E-state index contributed by atoms with van der Waals surface area (Å²) < 4.78 is 18.5. The lowest BCUT2D eigenvalue weighted by atomic mass is 9.92. The zero-order valence-corrected chi connectivity index (χ0v) is 14.0. The van der Waals surface area contributed by atoms with Crippen molar-refractivity contribution in [2.45, 2.75) is 31.6 Å². The third-order valence-corrected chi connectivity index (χ3v) is 5.03. The zero-order chi connectivity index (χ0) is 14.9. The molecule has 2 aromatic rings. The van der Waals surface area contributed by atoms with E-state index in [4.69, 9.17) is 4.52 Å². The van der Waals surface area contributed by atoms with Gasteiger partial charge in [0.25, 0.3) is 0 Å². The molecule has 126 valence electrons. The number of rotatable bonds is 3.